The first kappa shape index (κ1) is 18.5. The Balaban J connectivity index is 1.78. The Morgan fingerprint density at radius 2 is 1.93 bits per heavy atom. The van der Waals surface area contributed by atoms with Crippen LogP contribution in [0.2, 0.25) is 5.02 Å². The van der Waals surface area contributed by atoms with Crippen molar-refractivity contribution in [3.63, 3.8) is 0 Å². The van der Waals surface area contributed by atoms with Gasteiger partial charge >= 0.3 is 0 Å². The summed E-state index contributed by atoms with van der Waals surface area (Å²) in [7, 11) is 0. The summed E-state index contributed by atoms with van der Waals surface area (Å²) in [4.78, 5) is 20.6. The average molecular weight is 409 g/mol. The van der Waals surface area contributed by atoms with E-state index in [1.807, 2.05) is 55.5 Å². The van der Waals surface area contributed by atoms with Gasteiger partial charge in [-0.1, -0.05) is 48.0 Å². The zero-order chi connectivity index (χ0) is 19.5. The number of aromatic nitrogens is 1. The third-order valence-corrected chi connectivity index (χ3v) is 5.49. The van der Waals surface area contributed by atoms with Gasteiger partial charge in [0.15, 0.2) is 0 Å². The van der Waals surface area contributed by atoms with E-state index in [4.69, 9.17) is 16.0 Å². The molecule has 0 spiro atoms. The lowest BCUT2D eigenvalue weighted by molar-refractivity contribution is 0.0979. The average Bonchev–Trinajstić information content (AvgIpc) is 3.36. The largest absolute Gasteiger partial charge is 0.467 e. The van der Waals surface area contributed by atoms with Crippen LogP contribution in [0, 0.1) is 6.92 Å². The van der Waals surface area contributed by atoms with Gasteiger partial charge in [0.1, 0.15) is 11.5 Å². The molecule has 0 saturated heterocycles. The molecule has 0 bridgehead atoms. The first-order valence-corrected chi connectivity index (χ1v) is 9.94. The molecule has 2 heterocycles. The molecule has 0 aliphatic rings. The van der Waals surface area contributed by atoms with Gasteiger partial charge in [-0.25, -0.2) is 4.98 Å². The summed E-state index contributed by atoms with van der Waals surface area (Å²) in [6, 6.07) is 20.7. The minimum atomic E-state index is -0.193. The molecular formula is C22H17ClN2O2S. The van der Waals surface area contributed by atoms with E-state index >= 15 is 0 Å². The summed E-state index contributed by atoms with van der Waals surface area (Å²) in [5, 5.41) is 1.40. The number of aryl methyl sites for hydroxylation is 1. The Labute approximate surface area is 172 Å². The predicted octanol–water partition coefficient (Wildman–Crippen LogP) is 6.21. The Kier molecular flexibility index (Phi) is 5.28. The zero-order valence-electron chi connectivity index (χ0n) is 15.1. The van der Waals surface area contributed by atoms with Gasteiger partial charge < -0.3 is 4.42 Å². The second-order valence-electron chi connectivity index (χ2n) is 6.23. The van der Waals surface area contributed by atoms with Crippen molar-refractivity contribution in [2.75, 3.05) is 4.90 Å². The second kappa shape index (κ2) is 8.00. The van der Waals surface area contributed by atoms with Crippen LogP contribution in [0.3, 0.4) is 0 Å². The van der Waals surface area contributed by atoms with Gasteiger partial charge in [0.2, 0.25) is 0 Å². The number of furan rings is 1. The van der Waals surface area contributed by atoms with Crippen molar-refractivity contribution in [3.8, 4) is 10.4 Å². The highest BCUT2D eigenvalue weighted by Crippen LogP contribution is 2.32. The molecule has 0 N–H and O–H groups in total. The van der Waals surface area contributed by atoms with E-state index in [2.05, 4.69) is 4.98 Å². The fourth-order valence-corrected chi connectivity index (χ4v) is 4.07. The molecule has 6 heteroatoms. The SMILES string of the molecule is Cc1nc(C(=O)N(Cc2ccco2)c2cccc(Cl)c2)c(-c2ccccc2)s1. The number of anilines is 1. The number of carbonyl (C=O) groups excluding carboxylic acids is 1. The van der Waals surface area contributed by atoms with Crippen LogP contribution in [0.5, 0.6) is 0 Å². The number of halogens is 1. The lowest BCUT2D eigenvalue weighted by Crippen LogP contribution is -2.31. The van der Waals surface area contributed by atoms with E-state index in [-0.39, 0.29) is 12.5 Å². The molecule has 4 rings (SSSR count). The zero-order valence-corrected chi connectivity index (χ0v) is 16.7. The normalized spacial score (nSPS) is 10.8. The summed E-state index contributed by atoms with van der Waals surface area (Å²) in [6.07, 6.45) is 1.60. The molecule has 0 unspecified atom stereocenters. The molecule has 2 aromatic heterocycles. The Morgan fingerprint density at radius 3 is 2.64 bits per heavy atom. The molecule has 140 valence electrons. The van der Waals surface area contributed by atoms with E-state index in [0.29, 0.717) is 22.2 Å². The number of benzene rings is 2. The van der Waals surface area contributed by atoms with E-state index in [0.717, 1.165) is 15.4 Å². The van der Waals surface area contributed by atoms with Gasteiger partial charge in [-0.3, -0.25) is 9.69 Å². The first-order chi connectivity index (χ1) is 13.6. The fourth-order valence-electron chi connectivity index (χ4n) is 2.97. The summed E-state index contributed by atoms with van der Waals surface area (Å²) in [5.74, 6) is 0.489. The minimum Gasteiger partial charge on any atom is -0.467 e. The minimum absolute atomic E-state index is 0.193. The number of carbonyl (C=O) groups is 1. The fraction of sp³-hybridized carbons (Fsp3) is 0.0909. The molecule has 0 radical (unpaired) electrons. The monoisotopic (exact) mass is 408 g/mol. The van der Waals surface area contributed by atoms with Crippen LogP contribution in [0.25, 0.3) is 10.4 Å². The van der Waals surface area contributed by atoms with Crippen molar-refractivity contribution in [1.82, 2.24) is 4.98 Å². The van der Waals surface area contributed by atoms with Crippen molar-refractivity contribution in [2.24, 2.45) is 0 Å². The highest BCUT2D eigenvalue weighted by atomic mass is 35.5. The van der Waals surface area contributed by atoms with Gasteiger partial charge in [-0.05, 0) is 42.8 Å². The lowest BCUT2D eigenvalue weighted by atomic mass is 10.1. The van der Waals surface area contributed by atoms with Gasteiger partial charge in [0.25, 0.3) is 5.91 Å². The number of hydrogen-bond donors (Lipinski definition) is 0. The lowest BCUT2D eigenvalue weighted by Gasteiger charge is -2.22. The molecule has 0 atom stereocenters. The predicted molar refractivity (Wildman–Crippen MR) is 113 cm³/mol. The molecule has 28 heavy (non-hydrogen) atoms. The van der Waals surface area contributed by atoms with Crippen LogP contribution < -0.4 is 4.90 Å². The first-order valence-electron chi connectivity index (χ1n) is 8.74. The maximum Gasteiger partial charge on any atom is 0.278 e. The highest BCUT2D eigenvalue weighted by molar-refractivity contribution is 7.15. The summed E-state index contributed by atoms with van der Waals surface area (Å²) >= 11 is 7.69. The molecule has 4 nitrogen and oxygen atoms in total. The highest BCUT2D eigenvalue weighted by Gasteiger charge is 2.26. The second-order valence-corrected chi connectivity index (χ2v) is 7.87. The third kappa shape index (κ3) is 3.86. The standard InChI is InChI=1S/C22H17ClN2O2S/c1-15-24-20(21(28-15)16-7-3-2-4-8-16)22(26)25(14-19-11-6-12-27-19)18-10-5-9-17(23)13-18/h2-13H,14H2,1H3. The Morgan fingerprint density at radius 1 is 1.11 bits per heavy atom. The topological polar surface area (TPSA) is 46.3 Å². The Bertz CT molecular complexity index is 1090. The molecule has 4 aromatic rings. The van der Waals surface area contributed by atoms with Gasteiger partial charge in [0.05, 0.1) is 22.7 Å². The molecule has 2 aromatic carbocycles. The van der Waals surface area contributed by atoms with Crippen molar-refractivity contribution < 1.29 is 9.21 Å². The summed E-state index contributed by atoms with van der Waals surface area (Å²) < 4.78 is 5.48. The van der Waals surface area contributed by atoms with Crippen LogP contribution in [-0.2, 0) is 6.54 Å². The van der Waals surface area contributed by atoms with Crippen molar-refractivity contribution >= 4 is 34.5 Å². The molecule has 0 fully saturated rings. The molecule has 1 amide bonds. The smallest absolute Gasteiger partial charge is 0.278 e. The number of thiazole rings is 1. The van der Waals surface area contributed by atoms with Gasteiger partial charge in [-0.15, -0.1) is 11.3 Å². The van der Waals surface area contributed by atoms with E-state index < -0.39 is 0 Å². The number of nitrogens with zero attached hydrogens (tertiary/aromatic N) is 2. The maximum atomic E-state index is 13.6. The quantitative estimate of drug-likeness (QED) is 0.394. The van der Waals surface area contributed by atoms with Crippen molar-refractivity contribution in [1.29, 1.82) is 0 Å². The maximum absolute atomic E-state index is 13.6. The van der Waals surface area contributed by atoms with Gasteiger partial charge in [0, 0.05) is 10.7 Å². The van der Waals surface area contributed by atoms with Crippen molar-refractivity contribution in [3.05, 3.63) is 94.5 Å². The van der Waals surface area contributed by atoms with Crippen LogP contribution >= 0.6 is 22.9 Å². The number of amides is 1. The third-order valence-electron chi connectivity index (χ3n) is 4.23. The molecular weight excluding hydrogens is 392 g/mol. The van der Waals surface area contributed by atoms with Crippen LogP contribution in [0.4, 0.5) is 5.69 Å². The summed E-state index contributed by atoms with van der Waals surface area (Å²) in [6.45, 7) is 2.20. The molecule has 0 aliphatic carbocycles. The summed E-state index contributed by atoms with van der Waals surface area (Å²) in [5.41, 5.74) is 2.10. The number of rotatable bonds is 5. The van der Waals surface area contributed by atoms with Crippen LogP contribution in [0.15, 0.2) is 77.4 Å². The Hall–Kier alpha value is -2.89. The molecule has 0 saturated carbocycles. The van der Waals surface area contributed by atoms with Crippen LogP contribution in [-0.4, -0.2) is 10.9 Å². The van der Waals surface area contributed by atoms with E-state index in [1.54, 1.807) is 29.4 Å². The molecule has 0 aliphatic heterocycles. The van der Waals surface area contributed by atoms with E-state index in [1.165, 1.54) is 11.3 Å². The number of hydrogen-bond acceptors (Lipinski definition) is 4. The van der Waals surface area contributed by atoms with E-state index in [9.17, 15) is 4.79 Å². The van der Waals surface area contributed by atoms with Crippen LogP contribution in [0.1, 0.15) is 21.3 Å². The van der Waals surface area contributed by atoms with Gasteiger partial charge in [-0.2, -0.15) is 0 Å². The van der Waals surface area contributed by atoms with Crippen molar-refractivity contribution in [2.45, 2.75) is 13.5 Å².